The van der Waals surface area contributed by atoms with Gasteiger partial charge in [0, 0.05) is 0 Å². The molecule has 0 spiro atoms. The Morgan fingerprint density at radius 3 is 2.18 bits per heavy atom. The number of hydrogen-bond acceptors (Lipinski definition) is 2. The zero-order valence-corrected chi connectivity index (χ0v) is 11.4. The number of ether oxygens (including phenoxy) is 2. The Morgan fingerprint density at radius 2 is 1.71 bits per heavy atom. The van der Waals surface area contributed by atoms with Crippen molar-refractivity contribution in [2.75, 3.05) is 7.11 Å². The van der Waals surface area contributed by atoms with Crippen LogP contribution in [-0.2, 0) is 4.74 Å². The van der Waals surface area contributed by atoms with E-state index in [1.54, 1.807) is 7.11 Å². The van der Waals surface area contributed by atoms with Crippen molar-refractivity contribution in [2.24, 2.45) is 0 Å². The fourth-order valence-corrected chi connectivity index (χ4v) is 1.56. The molecule has 17 heavy (non-hydrogen) atoms. The van der Waals surface area contributed by atoms with Gasteiger partial charge in [-0.2, -0.15) is 0 Å². The lowest BCUT2D eigenvalue weighted by atomic mass is 10.1. The molecule has 0 N–H and O–H groups in total. The summed E-state index contributed by atoms with van der Waals surface area (Å²) in [4.78, 5) is 0. The highest BCUT2D eigenvalue weighted by Gasteiger charge is 2.12. The van der Waals surface area contributed by atoms with Gasteiger partial charge >= 0.3 is 0 Å². The van der Waals surface area contributed by atoms with E-state index in [9.17, 15) is 0 Å². The van der Waals surface area contributed by atoms with Crippen molar-refractivity contribution in [3.8, 4) is 5.75 Å². The van der Waals surface area contributed by atoms with Gasteiger partial charge in [-0.3, -0.25) is 0 Å². The molecule has 1 unspecified atom stereocenters. The molecule has 0 bridgehead atoms. The second-order valence-electron chi connectivity index (χ2n) is 5.07. The van der Waals surface area contributed by atoms with E-state index in [4.69, 9.17) is 9.47 Å². The quantitative estimate of drug-likeness (QED) is 0.786. The van der Waals surface area contributed by atoms with Crippen LogP contribution in [0.1, 0.15) is 33.3 Å². The van der Waals surface area contributed by atoms with Crippen molar-refractivity contribution >= 4 is 6.08 Å². The molecule has 2 heteroatoms. The predicted molar refractivity (Wildman–Crippen MR) is 72.3 cm³/mol. The van der Waals surface area contributed by atoms with Crippen molar-refractivity contribution < 1.29 is 9.47 Å². The van der Waals surface area contributed by atoms with Crippen molar-refractivity contribution in [1.29, 1.82) is 0 Å². The average Bonchev–Trinajstić information content (AvgIpc) is 2.25. The van der Waals surface area contributed by atoms with Gasteiger partial charge in [0.25, 0.3) is 0 Å². The van der Waals surface area contributed by atoms with Crippen molar-refractivity contribution in [3.63, 3.8) is 0 Å². The van der Waals surface area contributed by atoms with Crippen molar-refractivity contribution in [2.45, 2.75) is 39.4 Å². The first-order chi connectivity index (χ1) is 7.90. The van der Waals surface area contributed by atoms with Crippen LogP contribution in [0.2, 0.25) is 0 Å². The van der Waals surface area contributed by atoms with E-state index < -0.39 is 0 Å². The summed E-state index contributed by atoms with van der Waals surface area (Å²) in [5, 5.41) is 0. The van der Waals surface area contributed by atoms with Crippen LogP contribution in [0.25, 0.3) is 6.08 Å². The number of benzene rings is 1. The molecule has 1 atom stereocenters. The molecule has 0 aliphatic rings. The normalized spacial score (nSPS) is 13.9. The molecule has 2 nitrogen and oxygen atoms in total. The monoisotopic (exact) mass is 234 g/mol. The standard InChI is InChI=1S/C15H22O2/c1-12(17-15(2,3)4)6-7-13-8-10-14(16-5)11-9-13/h6-12H,1-5H3/b7-6+. The second-order valence-corrected chi connectivity index (χ2v) is 5.07. The van der Waals surface area contributed by atoms with Gasteiger partial charge < -0.3 is 9.47 Å². The molecule has 0 aliphatic carbocycles. The first-order valence-electron chi connectivity index (χ1n) is 5.91. The Bertz CT molecular complexity index is 358. The number of methoxy groups -OCH3 is 1. The largest absolute Gasteiger partial charge is 0.497 e. The molecule has 0 aliphatic heterocycles. The van der Waals surface area contributed by atoms with E-state index >= 15 is 0 Å². The first kappa shape index (κ1) is 13.8. The molecule has 1 aromatic carbocycles. The summed E-state index contributed by atoms with van der Waals surface area (Å²) < 4.78 is 10.9. The Balaban J connectivity index is 2.57. The van der Waals surface area contributed by atoms with Gasteiger partial charge in [0.15, 0.2) is 0 Å². The molecule has 94 valence electrons. The molecule has 0 heterocycles. The highest BCUT2D eigenvalue weighted by Crippen LogP contribution is 2.15. The smallest absolute Gasteiger partial charge is 0.118 e. The summed E-state index contributed by atoms with van der Waals surface area (Å²) in [5.41, 5.74) is 1.04. The fraction of sp³-hybridized carbons (Fsp3) is 0.467. The molecule has 1 aromatic rings. The van der Waals surface area contributed by atoms with Crippen LogP contribution >= 0.6 is 0 Å². The molecule has 0 saturated heterocycles. The first-order valence-corrected chi connectivity index (χ1v) is 5.91. The maximum Gasteiger partial charge on any atom is 0.118 e. The molecular weight excluding hydrogens is 212 g/mol. The molecule has 0 radical (unpaired) electrons. The number of hydrogen-bond donors (Lipinski definition) is 0. The third kappa shape index (κ3) is 5.55. The fourth-order valence-electron chi connectivity index (χ4n) is 1.56. The second kappa shape index (κ2) is 5.87. The molecule has 1 rings (SSSR count). The lowest BCUT2D eigenvalue weighted by molar-refractivity contribution is -0.0295. The van der Waals surface area contributed by atoms with Gasteiger partial charge in [-0.15, -0.1) is 0 Å². The maximum absolute atomic E-state index is 5.79. The van der Waals surface area contributed by atoms with Crippen LogP contribution < -0.4 is 4.74 Å². The van der Waals surface area contributed by atoms with E-state index in [1.807, 2.05) is 31.2 Å². The van der Waals surface area contributed by atoms with E-state index in [1.165, 1.54) is 0 Å². The summed E-state index contributed by atoms with van der Waals surface area (Å²) in [6.07, 6.45) is 4.24. The van der Waals surface area contributed by atoms with Crippen LogP contribution in [0.5, 0.6) is 5.75 Å². The third-order valence-corrected chi connectivity index (χ3v) is 2.21. The highest BCUT2D eigenvalue weighted by atomic mass is 16.5. The van der Waals surface area contributed by atoms with Gasteiger partial charge in [0.05, 0.1) is 18.8 Å². The average molecular weight is 234 g/mol. The van der Waals surface area contributed by atoms with E-state index in [0.717, 1.165) is 11.3 Å². The van der Waals surface area contributed by atoms with Crippen molar-refractivity contribution in [3.05, 3.63) is 35.9 Å². The zero-order chi connectivity index (χ0) is 12.9. The van der Waals surface area contributed by atoms with Crippen molar-refractivity contribution in [1.82, 2.24) is 0 Å². The Kier molecular flexibility index (Phi) is 4.76. The molecule has 0 saturated carbocycles. The SMILES string of the molecule is COc1ccc(/C=C/C(C)OC(C)(C)C)cc1. The summed E-state index contributed by atoms with van der Waals surface area (Å²) in [6, 6.07) is 7.96. The van der Waals surface area contributed by atoms with Gasteiger partial charge in [-0.05, 0) is 45.4 Å². The van der Waals surface area contributed by atoms with Crippen LogP contribution in [0.15, 0.2) is 30.3 Å². The Hall–Kier alpha value is -1.28. The van der Waals surface area contributed by atoms with Crippen LogP contribution in [0, 0.1) is 0 Å². The topological polar surface area (TPSA) is 18.5 Å². The highest BCUT2D eigenvalue weighted by molar-refractivity contribution is 5.50. The Morgan fingerprint density at radius 1 is 1.12 bits per heavy atom. The van der Waals surface area contributed by atoms with E-state index in [-0.39, 0.29) is 11.7 Å². The van der Waals surface area contributed by atoms with Crippen LogP contribution in [-0.4, -0.2) is 18.8 Å². The molecule has 0 amide bonds. The minimum absolute atomic E-state index is 0.107. The Labute approximate surface area is 104 Å². The van der Waals surface area contributed by atoms with Gasteiger partial charge in [0.1, 0.15) is 5.75 Å². The summed E-state index contributed by atoms with van der Waals surface area (Å²) >= 11 is 0. The van der Waals surface area contributed by atoms with Crippen LogP contribution in [0.4, 0.5) is 0 Å². The summed E-state index contributed by atoms with van der Waals surface area (Å²) in [5.74, 6) is 0.876. The third-order valence-electron chi connectivity index (χ3n) is 2.21. The number of rotatable bonds is 4. The van der Waals surface area contributed by atoms with Gasteiger partial charge in [0.2, 0.25) is 0 Å². The van der Waals surface area contributed by atoms with E-state index in [2.05, 4.69) is 32.9 Å². The van der Waals surface area contributed by atoms with E-state index in [0.29, 0.717) is 0 Å². The molecule has 0 fully saturated rings. The summed E-state index contributed by atoms with van der Waals surface area (Å²) in [6.45, 7) is 8.23. The minimum atomic E-state index is -0.107. The lowest BCUT2D eigenvalue weighted by Crippen LogP contribution is -2.24. The van der Waals surface area contributed by atoms with Crippen LogP contribution in [0.3, 0.4) is 0 Å². The van der Waals surface area contributed by atoms with Gasteiger partial charge in [-0.1, -0.05) is 24.3 Å². The lowest BCUT2D eigenvalue weighted by Gasteiger charge is -2.23. The zero-order valence-electron chi connectivity index (χ0n) is 11.4. The minimum Gasteiger partial charge on any atom is -0.497 e. The predicted octanol–water partition coefficient (Wildman–Crippen LogP) is 3.91. The molecule has 0 aromatic heterocycles. The molecular formula is C15H22O2. The maximum atomic E-state index is 5.79. The summed E-state index contributed by atoms with van der Waals surface area (Å²) in [7, 11) is 1.67. The van der Waals surface area contributed by atoms with Gasteiger partial charge in [-0.25, -0.2) is 0 Å².